The van der Waals surface area contributed by atoms with Crippen LogP contribution in [-0.4, -0.2) is 37.7 Å². The Morgan fingerprint density at radius 1 is 1.85 bits per heavy atom. The Morgan fingerprint density at radius 2 is 2.62 bits per heavy atom. The lowest BCUT2D eigenvalue weighted by atomic mass is 10.1. The van der Waals surface area contributed by atoms with Crippen molar-refractivity contribution in [2.75, 3.05) is 19.7 Å². The largest absolute Gasteiger partial charge is 0.373 e. The Hall–Kier alpha value is -0.870. The van der Waals surface area contributed by atoms with Crippen LogP contribution in [0.25, 0.3) is 0 Å². The minimum atomic E-state index is -0.151. The predicted octanol–water partition coefficient (Wildman–Crippen LogP) is -0.335. The lowest BCUT2D eigenvalue weighted by Gasteiger charge is -2.28. The van der Waals surface area contributed by atoms with Gasteiger partial charge in [-0.3, -0.25) is 4.79 Å². The third-order valence-corrected chi connectivity index (χ3v) is 2.07. The van der Waals surface area contributed by atoms with Crippen LogP contribution in [0.1, 0.15) is 6.92 Å². The second kappa shape index (κ2) is 4.99. The molecule has 0 aromatic rings. The first-order chi connectivity index (χ1) is 6.24. The van der Waals surface area contributed by atoms with E-state index in [9.17, 15) is 4.79 Å². The normalized spacial score (nSPS) is 24.8. The van der Waals surface area contributed by atoms with E-state index < -0.39 is 0 Å². The highest BCUT2D eigenvalue weighted by Gasteiger charge is 2.20. The number of amides is 1. The van der Waals surface area contributed by atoms with E-state index in [-0.39, 0.29) is 18.1 Å². The average molecular weight is 184 g/mol. The Labute approximate surface area is 78.3 Å². The minimum Gasteiger partial charge on any atom is -0.373 e. The molecule has 1 amide bonds. The number of hydrogen-bond donors (Lipinski definition) is 2. The van der Waals surface area contributed by atoms with Crippen LogP contribution in [0.4, 0.5) is 0 Å². The first kappa shape index (κ1) is 10.2. The summed E-state index contributed by atoms with van der Waals surface area (Å²) in [6, 6.07) is 0.0262. The van der Waals surface area contributed by atoms with Gasteiger partial charge in [0.2, 0.25) is 5.91 Å². The molecule has 4 heteroatoms. The van der Waals surface area contributed by atoms with E-state index in [1.54, 1.807) is 0 Å². The SMILES string of the molecule is C=CC(=O)NC(C)C1CNCCO1. The molecule has 0 aromatic carbocycles. The van der Waals surface area contributed by atoms with Gasteiger partial charge < -0.3 is 15.4 Å². The van der Waals surface area contributed by atoms with Crippen LogP contribution in [0.3, 0.4) is 0 Å². The molecule has 1 aliphatic heterocycles. The maximum atomic E-state index is 11.0. The molecule has 0 saturated carbocycles. The smallest absolute Gasteiger partial charge is 0.243 e. The summed E-state index contributed by atoms with van der Waals surface area (Å²) in [6.45, 7) is 7.71. The molecule has 2 unspecified atom stereocenters. The summed E-state index contributed by atoms with van der Waals surface area (Å²) in [5.74, 6) is -0.151. The van der Waals surface area contributed by atoms with Crippen molar-refractivity contribution in [2.24, 2.45) is 0 Å². The summed E-state index contributed by atoms with van der Waals surface area (Å²) in [5.41, 5.74) is 0. The molecule has 2 atom stereocenters. The highest BCUT2D eigenvalue weighted by molar-refractivity contribution is 5.87. The van der Waals surface area contributed by atoms with Gasteiger partial charge in [-0.25, -0.2) is 0 Å². The van der Waals surface area contributed by atoms with Gasteiger partial charge in [0.25, 0.3) is 0 Å². The summed E-state index contributed by atoms with van der Waals surface area (Å²) in [7, 11) is 0. The molecule has 2 N–H and O–H groups in total. The molecular weight excluding hydrogens is 168 g/mol. The van der Waals surface area contributed by atoms with E-state index in [2.05, 4.69) is 17.2 Å². The van der Waals surface area contributed by atoms with Crippen LogP contribution in [0.15, 0.2) is 12.7 Å². The number of carbonyl (C=O) groups is 1. The highest BCUT2D eigenvalue weighted by Crippen LogP contribution is 2.01. The lowest BCUT2D eigenvalue weighted by Crippen LogP contribution is -2.50. The molecule has 1 heterocycles. The third kappa shape index (κ3) is 3.16. The van der Waals surface area contributed by atoms with E-state index in [1.807, 2.05) is 6.92 Å². The summed E-state index contributed by atoms with van der Waals surface area (Å²) >= 11 is 0. The molecule has 1 saturated heterocycles. The van der Waals surface area contributed by atoms with Gasteiger partial charge in [-0.05, 0) is 13.0 Å². The molecule has 13 heavy (non-hydrogen) atoms. The van der Waals surface area contributed by atoms with E-state index in [4.69, 9.17) is 4.74 Å². The van der Waals surface area contributed by atoms with Crippen LogP contribution >= 0.6 is 0 Å². The molecule has 0 bridgehead atoms. The number of rotatable bonds is 3. The first-order valence-corrected chi connectivity index (χ1v) is 4.49. The van der Waals surface area contributed by atoms with Gasteiger partial charge >= 0.3 is 0 Å². The Morgan fingerprint density at radius 3 is 3.15 bits per heavy atom. The second-order valence-corrected chi connectivity index (χ2v) is 3.11. The van der Waals surface area contributed by atoms with Crippen LogP contribution in [-0.2, 0) is 9.53 Å². The molecule has 0 aliphatic carbocycles. The highest BCUT2D eigenvalue weighted by atomic mass is 16.5. The van der Waals surface area contributed by atoms with Gasteiger partial charge in [0.05, 0.1) is 18.8 Å². The maximum absolute atomic E-state index is 11.0. The molecule has 1 aliphatic rings. The standard InChI is InChI=1S/C9H16N2O2/c1-3-9(12)11-7(2)8-6-10-4-5-13-8/h3,7-8,10H,1,4-6H2,2H3,(H,11,12). The van der Waals surface area contributed by atoms with E-state index in [1.165, 1.54) is 6.08 Å². The lowest BCUT2D eigenvalue weighted by molar-refractivity contribution is -0.118. The fourth-order valence-corrected chi connectivity index (χ4v) is 1.28. The van der Waals surface area contributed by atoms with Gasteiger partial charge in [0, 0.05) is 13.1 Å². The molecule has 0 radical (unpaired) electrons. The molecule has 1 fully saturated rings. The minimum absolute atomic E-state index is 0.0262. The third-order valence-electron chi connectivity index (χ3n) is 2.07. The summed E-state index contributed by atoms with van der Waals surface area (Å²) in [6.07, 6.45) is 1.34. The topological polar surface area (TPSA) is 50.4 Å². The zero-order chi connectivity index (χ0) is 9.68. The number of carbonyl (C=O) groups excluding carboxylic acids is 1. The van der Waals surface area contributed by atoms with E-state index >= 15 is 0 Å². The molecular formula is C9H16N2O2. The van der Waals surface area contributed by atoms with Crippen molar-refractivity contribution in [3.63, 3.8) is 0 Å². The van der Waals surface area contributed by atoms with Crippen molar-refractivity contribution in [2.45, 2.75) is 19.1 Å². The molecule has 4 nitrogen and oxygen atoms in total. The number of hydrogen-bond acceptors (Lipinski definition) is 3. The van der Waals surface area contributed by atoms with Gasteiger partial charge in [-0.1, -0.05) is 6.58 Å². The zero-order valence-corrected chi connectivity index (χ0v) is 7.88. The van der Waals surface area contributed by atoms with Gasteiger partial charge in [0.1, 0.15) is 0 Å². The maximum Gasteiger partial charge on any atom is 0.243 e. The molecule has 0 aromatic heterocycles. The number of nitrogens with one attached hydrogen (secondary N) is 2. The molecule has 1 rings (SSSR count). The van der Waals surface area contributed by atoms with Crippen molar-refractivity contribution in [1.82, 2.24) is 10.6 Å². The van der Waals surface area contributed by atoms with Crippen LogP contribution in [0.2, 0.25) is 0 Å². The second-order valence-electron chi connectivity index (χ2n) is 3.11. The van der Waals surface area contributed by atoms with Gasteiger partial charge in [0.15, 0.2) is 0 Å². The Kier molecular flexibility index (Phi) is 3.92. The van der Waals surface area contributed by atoms with E-state index in [0.717, 1.165) is 13.1 Å². The van der Waals surface area contributed by atoms with Crippen LogP contribution in [0.5, 0.6) is 0 Å². The van der Waals surface area contributed by atoms with Crippen molar-refractivity contribution < 1.29 is 9.53 Å². The fourth-order valence-electron chi connectivity index (χ4n) is 1.28. The number of morpholine rings is 1. The first-order valence-electron chi connectivity index (χ1n) is 4.49. The van der Waals surface area contributed by atoms with E-state index in [0.29, 0.717) is 6.61 Å². The van der Waals surface area contributed by atoms with Gasteiger partial charge in [-0.15, -0.1) is 0 Å². The van der Waals surface area contributed by atoms with Crippen molar-refractivity contribution in [3.05, 3.63) is 12.7 Å². The Balaban J connectivity index is 2.32. The quantitative estimate of drug-likeness (QED) is 0.590. The van der Waals surface area contributed by atoms with Crippen LogP contribution in [0, 0.1) is 0 Å². The summed E-state index contributed by atoms with van der Waals surface area (Å²) < 4.78 is 5.47. The van der Waals surface area contributed by atoms with Crippen molar-refractivity contribution >= 4 is 5.91 Å². The monoisotopic (exact) mass is 184 g/mol. The molecule has 74 valence electrons. The van der Waals surface area contributed by atoms with Crippen LogP contribution < -0.4 is 10.6 Å². The van der Waals surface area contributed by atoms with Gasteiger partial charge in [-0.2, -0.15) is 0 Å². The fraction of sp³-hybridized carbons (Fsp3) is 0.667. The predicted molar refractivity (Wildman–Crippen MR) is 50.4 cm³/mol. The average Bonchev–Trinajstić information content (AvgIpc) is 2.19. The molecule has 0 spiro atoms. The number of ether oxygens (including phenoxy) is 1. The zero-order valence-electron chi connectivity index (χ0n) is 7.88. The van der Waals surface area contributed by atoms with Crippen molar-refractivity contribution in [1.29, 1.82) is 0 Å². The van der Waals surface area contributed by atoms with Crippen molar-refractivity contribution in [3.8, 4) is 0 Å². The summed E-state index contributed by atoms with van der Waals surface area (Å²) in [5, 5.41) is 5.98. The summed E-state index contributed by atoms with van der Waals surface area (Å²) in [4.78, 5) is 11.0. The Bertz CT molecular complexity index is 188.